The van der Waals surface area contributed by atoms with Gasteiger partial charge in [0, 0.05) is 6.42 Å². The number of nitrogens with zero attached hydrogens (tertiary/aromatic N) is 2. The highest BCUT2D eigenvalue weighted by molar-refractivity contribution is 7.99. The summed E-state index contributed by atoms with van der Waals surface area (Å²) in [5, 5.41) is 6.96. The van der Waals surface area contributed by atoms with Gasteiger partial charge in [-0.15, -0.1) is 0 Å². The van der Waals surface area contributed by atoms with Gasteiger partial charge < -0.3 is 0 Å². The van der Waals surface area contributed by atoms with Crippen molar-refractivity contribution in [2.24, 2.45) is 0 Å². The predicted octanol–water partition coefficient (Wildman–Crippen LogP) is 4.70. The fourth-order valence-corrected chi connectivity index (χ4v) is 3.26. The molecule has 0 unspecified atom stereocenters. The molecule has 140 valence electrons. The van der Waals surface area contributed by atoms with Crippen molar-refractivity contribution in [2.75, 3.05) is 5.75 Å². The first-order valence-electron chi connectivity index (χ1n) is 8.09. The van der Waals surface area contributed by atoms with Crippen LogP contribution < -0.4 is 0 Å². The van der Waals surface area contributed by atoms with E-state index in [1.807, 2.05) is 0 Å². The van der Waals surface area contributed by atoms with E-state index in [9.17, 15) is 18.0 Å². The molecule has 0 spiro atoms. The van der Waals surface area contributed by atoms with Crippen LogP contribution in [0.15, 0.2) is 53.9 Å². The highest BCUT2D eigenvalue weighted by Crippen LogP contribution is 2.33. The first-order valence-corrected chi connectivity index (χ1v) is 9.08. The van der Waals surface area contributed by atoms with E-state index >= 15 is 0 Å². The van der Waals surface area contributed by atoms with Crippen molar-refractivity contribution in [3.05, 3.63) is 65.5 Å². The van der Waals surface area contributed by atoms with Crippen LogP contribution in [0.1, 0.15) is 16.7 Å². The summed E-state index contributed by atoms with van der Waals surface area (Å²) in [6, 6.07) is 11.0. The van der Waals surface area contributed by atoms with Crippen molar-refractivity contribution in [3.8, 4) is 11.1 Å². The number of aromatic amines is 1. The zero-order valence-corrected chi connectivity index (χ0v) is 15.2. The molecule has 0 atom stereocenters. The number of hydrogen-bond donors (Lipinski definition) is 1. The van der Waals surface area contributed by atoms with Gasteiger partial charge in [0.2, 0.25) is 0 Å². The van der Waals surface area contributed by atoms with Crippen molar-refractivity contribution < 1.29 is 18.0 Å². The van der Waals surface area contributed by atoms with Gasteiger partial charge in [-0.2, -0.15) is 18.3 Å². The number of thioether (sulfide) groups is 1. The van der Waals surface area contributed by atoms with Crippen LogP contribution in [0.5, 0.6) is 0 Å². The average molecular weight is 391 g/mol. The van der Waals surface area contributed by atoms with Gasteiger partial charge in [0.25, 0.3) is 0 Å². The van der Waals surface area contributed by atoms with E-state index in [4.69, 9.17) is 0 Å². The Morgan fingerprint density at radius 1 is 1.11 bits per heavy atom. The molecule has 0 bridgehead atoms. The second kappa shape index (κ2) is 7.96. The number of H-pyrrole nitrogens is 1. The zero-order chi connectivity index (χ0) is 19.4. The van der Waals surface area contributed by atoms with E-state index in [0.717, 1.165) is 17.7 Å². The molecule has 3 rings (SSSR count). The topological polar surface area (TPSA) is 58.6 Å². The highest BCUT2D eigenvalue weighted by Gasteiger charge is 2.30. The molecule has 0 amide bonds. The van der Waals surface area contributed by atoms with Gasteiger partial charge in [-0.25, -0.2) is 4.98 Å². The Balaban J connectivity index is 1.68. The van der Waals surface area contributed by atoms with Crippen LogP contribution in [-0.2, 0) is 17.4 Å². The maximum Gasteiger partial charge on any atom is 0.416 e. The van der Waals surface area contributed by atoms with Gasteiger partial charge >= 0.3 is 6.18 Å². The number of nitrogens with one attached hydrogen (secondary N) is 1. The Hall–Kier alpha value is -2.61. The Labute approximate surface area is 158 Å². The van der Waals surface area contributed by atoms with Gasteiger partial charge in [0.15, 0.2) is 5.16 Å². The van der Waals surface area contributed by atoms with E-state index in [1.54, 1.807) is 37.3 Å². The van der Waals surface area contributed by atoms with E-state index < -0.39 is 11.7 Å². The van der Waals surface area contributed by atoms with Gasteiger partial charge in [-0.05, 0) is 41.3 Å². The molecule has 0 aliphatic rings. The van der Waals surface area contributed by atoms with Crippen LogP contribution in [0.4, 0.5) is 13.2 Å². The summed E-state index contributed by atoms with van der Waals surface area (Å²) in [6.45, 7) is 1.64. The number of carbonyl (C=O) groups excluding carboxylic acids is 1. The van der Waals surface area contributed by atoms with E-state index in [1.165, 1.54) is 18.1 Å². The number of ketones is 1. The van der Waals surface area contributed by atoms with Gasteiger partial charge in [-0.3, -0.25) is 9.89 Å². The quantitative estimate of drug-likeness (QED) is 0.619. The molecule has 27 heavy (non-hydrogen) atoms. The van der Waals surface area contributed by atoms with Crippen molar-refractivity contribution in [1.29, 1.82) is 0 Å². The summed E-state index contributed by atoms with van der Waals surface area (Å²) in [5.41, 5.74) is 1.87. The fraction of sp³-hybridized carbons (Fsp3) is 0.211. The minimum Gasteiger partial charge on any atom is -0.298 e. The van der Waals surface area contributed by atoms with Crippen LogP contribution in [0, 0.1) is 6.92 Å². The fourth-order valence-electron chi connectivity index (χ4n) is 2.62. The normalized spacial score (nSPS) is 11.6. The van der Waals surface area contributed by atoms with Gasteiger partial charge in [-0.1, -0.05) is 42.1 Å². The van der Waals surface area contributed by atoms with Crippen molar-refractivity contribution in [2.45, 2.75) is 24.7 Å². The van der Waals surface area contributed by atoms with E-state index in [0.29, 0.717) is 21.8 Å². The number of aromatic nitrogens is 3. The third kappa shape index (κ3) is 5.19. The summed E-state index contributed by atoms with van der Waals surface area (Å²) in [5.74, 6) is 0.295. The summed E-state index contributed by atoms with van der Waals surface area (Å²) in [6.07, 6.45) is -2.75. The molecule has 2 aromatic carbocycles. The second-order valence-electron chi connectivity index (χ2n) is 6.08. The summed E-state index contributed by atoms with van der Waals surface area (Å²) in [7, 11) is 0. The molecule has 0 saturated heterocycles. The lowest BCUT2D eigenvalue weighted by Gasteiger charge is -2.11. The number of alkyl halides is 3. The van der Waals surface area contributed by atoms with Gasteiger partial charge in [0.1, 0.15) is 12.1 Å². The number of hydrogen-bond acceptors (Lipinski definition) is 4. The molecule has 0 fully saturated rings. The minimum atomic E-state index is -4.38. The number of Topliss-reactive ketones (excluding diaryl/α,β-unsaturated/α-hetero) is 1. The van der Waals surface area contributed by atoms with Crippen LogP contribution >= 0.6 is 11.8 Å². The number of rotatable bonds is 6. The molecule has 3 aromatic rings. The molecule has 8 heteroatoms. The van der Waals surface area contributed by atoms with Gasteiger partial charge in [0.05, 0.1) is 11.3 Å². The minimum absolute atomic E-state index is 0.0269. The first kappa shape index (κ1) is 19.2. The summed E-state index contributed by atoms with van der Waals surface area (Å²) >= 11 is 1.27. The number of aryl methyl sites for hydroxylation is 1. The molecule has 0 radical (unpaired) electrons. The third-order valence-electron chi connectivity index (χ3n) is 3.86. The lowest BCUT2D eigenvalue weighted by atomic mass is 9.98. The molecule has 4 nitrogen and oxygen atoms in total. The summed E-state index contributed by atoms with van der Waals surface area (Å²) < 4.78 is 39.0. The average Bonchev–Trinajstić information content (AvgIpc) is 3.13. The molecule has 1 aromatic heterocycles. The zero-order valence-electron chi connectivity index (χ0n) is 14.4. The lowest BCUT2D eigenvalue weighted by Crippen LogP contribution is -2.06. The number of benzene rings is 2. The second-order valence-corrected chi connectivity index (χ2v) is 7.04. The lowest BCUT2D eigenvalue weighted by molar-refractivity contribution is -0.137. The van der Waals surface area contributed by atoms with Crippen molar-refractivity contribution in [3.63, 3.8) is 0 Å². The summed E-state index contributed by atoms with van der Waals surface area (Å²) in [4.78, 5) is 16.0. The Morgan fingerprint density at radius 2 is 1.85 bits per heavy atom. The van der Waals surface area contributed by atoms with Crippen LogP contribution in [0.2, 0.25) is 0 Å². The maximum absolute atomic E-state index is 13.0. The Bertz CT molecular complexity index is 922. The molecule has 0 aliphatic carbocycles. The monoisotopic (exact) mass is 391 g/mol. The number of carbonyl (C=O) groups is 1. The molecule has 1 N–H and O–H groups in total. The van der Waals surface area contributed by atoms with E-state index in [2.05, 4.69) is 15.2 Å². The molecule has 0 aliphatic heterocycles. The van der Waals surface area contributed by atoms with Crippen molar-refractivity contribution in [1.82, 2.24) is 15.2 Å². The predicted molar refractivity (Wildman–Crippen MR) is 97.4 cm³/mol. The molecule has 1 heterocycles. The molecular weight excluding hydrogens is 375 g/mol. The smallest absolute Gasteiger partial charge is 0.298 e. The first-order chi connectivity index (χ1) is 12.8. The van der Waals surface area contributed by atoms with E-state index in [-0.39, 0.29) is 18.0 Å². The molecular formula is C19H16F3N3OS. The highest BCUT2D eigenvalue weighted by atomic mass is 32.2. The largest absolute Gasteiger partial charge is 0.416 e. The Kier molecular flexibility index (Phi) is 5.65. The standard InChI is InChI=1S/C19H16F3N3OS/c1-12-6-15(9-16(7-12)19(20,21)22)14-4-2-13(3-5-14)8-17(26)10-27-18-23-11-24-25-18/h2-7,9,11H,8,10H2,1H3,(H,23,24,25). The number of halogens is 3. The SMILES string of the molecule is Cc1cc(-c2ccc(CC(=O)CSc3ncn[nH]3)cc2)cc(C(F)(F)F)c1. The van der Waals surface area contributed by atoms with Crippen LogP contribution in [-0.4, -0.2) is 26.7 Å². The van der Waals surface area contributed by atoms with Crippen molar-refractivity contribution >= 4 is 17.5 Å². The molecule has 0 saturated carbocycles. The van der Waals surface area contributed by atoms with Crippen LogP contribution in [0.3, 0.4) is 0 Å². The Morgan fingerprint density at radius 3 is 2.48 bits per heavy atom. The third-order valence-corrected chi connectivity index (χ3v) is 4.79. The van der Waals surface area contributed by atoms with Crippen LogP contribution in [0.25, 0.3) is 11.1 Å². The maximum atomic E-state index is 13.0.